The van der Waals surface area contributed by atoms with E-state index in [0.29, 0.717) is 0 Å². The molecule has 0 unspecified atom stereocenters. The topological polar surface area (TPSA) is 49.9 Å². The molecule has 0 aliphatic carbocycles. The predicted molar refractivity (Wildman–Crippen MR) is 90.7 cm³/mol. The van der Waals surface area contributed by atoms with Crippen LogP contribution in [0.5, 0.6) is 0 Å². The highest BCUT2D eigenvalue weighted by Crippen LogP contribution is 2.27. The van der Waals surface area contributed by atoms with Crippen molar-refractivity contribution in [2.45, 2.75) is 33.2 Å². The van der Waals surface area contributed by atoms with Gasteiger partial charge in [-0.3, -0.25) is 4.79 Å². The Bertz CT molecular complexity index is 681. The van der Waals surface area contributed by atoms with Crippen molar-refractivity contribution in [1.29, 1.82) is 0 Å². The van der Waals surface area contributed by atoms with Gasteiger partial charge in [-0.25, -0.2) is 9.69 Å². The lowest BCUT2D eigenvalue weighted by Crippen LogP contribution is -2.44. The molecule has 1 aliphatic heterocycles. The van der Waals surface area contributed by atoms with E-state index in [1.54, 1.807) is 26.8 Å². The Kier molecular flexibility index (Phi) is 4.32. The van der Waals surface area contributed by atoms with Crippen LogP contribution in [0.2, 0.25) is 0 Å². The van der Waals surface area contributed by atoms with Crippen LogP contribution in [0.25, 0.3) is 6.08 Å². The first-order valence-electron chi connectivity index (χ1n) is 7.38. The Morgan fingerprint density at radius 3 is 2.22 bits per heavy atom. The second kappa shape index (κ2) is 5.91. The summed E-state index contributed by atoms with van der Waals surface area (Å²) < 4.78 is 5.11. The number of allylic oxidation sites excluding steroid dienone is 1. The van der Waals surface area contributed by atoms with Gasteiger partial charge >= 0.3 is 6.09 Å². The molecule has 1 fully saturated rings. The maximum absolute atomic E-state index is 12.3. The third-order valence-corrected chi connectivity index (χ3v) is 3.62. The van der Waals surface area contributed by atoms with Gasteiger partial charge in [0.15, 0.2) is 5.76 Å². The van der Waals surface area contributed by atoms with E-state index >= 15 is 0 Å². The number of carbonyl (C=O) groups is 2. The second-order valence-corrected chi connectivity index (χ2v) is 6.57. The molecule has 122 valence electrons. The Morgan fingerprint density at radius 2 is 1.78 bits per heavy atom. The van der Waals surface area contributed by atoms with Gasteiger partial charge in [-0.05, 0) is 51.5 Å². The summed E-state index contributed by atoms with van der Waals surface area (Å²) in [6, 6.07) is 7.57. The number of anilines is 1. The van der Waals surface area contributed by atoms with Crippen LogP contribution in [0.3, 0.4) is 0 Å². The molecule has 1 saturated heterocycles. The summed E-state index contributed by atoms with van der Waals surface area (Å²) in [6.07, 6.45) is 0.948. The van der Waals surface area contributed by atoms with Crippen molar-refractivity contribution in [1.82, 2.24) is 4.90 Å². The third-order valence-electron chi connectivity index (χ3n) is 3.62. The zero-order valence-electron chi connectivity index (χ0n) is 14.2. The first-order chi connectivity index (χ1) is 10.6. The molecule has 0 saturated carbocycles. The molecule has 1 heterocycles. The maximum Gasteiger partial charge on any atom is 0.423 e. The molecule has 2 amide bonds. The number of cyclic esters (lactones) is 1. The van der Waals surface area contributed by atoms with Crippen LogP contribution in [0, 0.1) is 0 Å². The molecule has 0 spiro atoms. The van der Waals surface area contributed by atoms with Crippen molar-refractivity contribution >= 4 is 23.8 Å². The van der Waals surface area contributed by atoms with Gasteiger partial charge in [0, 0.05) is 24.0 Å². The quantitative estimate of drug-likeness (QED) is 0.797. The number of nitrogens with zero attached hydrogens (tertiary/aromatic N) is 2. The van der Waals surface area contributed by atoms with E-state index in [-0.39, 0.29) is 5.76 Å². The highest BCUT2D eigenvalue weighted by atomic mass is 16.6. The molecule has 2 rings (SSSR count). The average Bonchev–Trinajstić information content (AvgIpc) is 2.73. The van der Waals surface area contributed by atoms with Gasteiger partial charge in [0.2, 0.25) is 0 Å². The van der Waals surface area contributed by atoms with Crippen molar-refractivity contribution in [3.63, 3.8) is 0 Å². The molecule has 5 nitrogen and oxygen atoms in total. The Hall–Kier alpha value is -2.56. The lowest BCUT2D eigenvalue weighted by atomic mass is 10.1. The van der Waals surface area contributed by atoms with E-state index in [4.69, 9.17) is 4.74 Å². The number of rotatable bonds is 3. The van der Waals surface area contributed by atoms with Gasteiger partial charge in [0.25, 0.3) is 5.91 Å². The van der Waals surface area contributed by atoms with Crippen molar-refractivity contribution in [3.05, 3.63) is 47.9 Å². The fourth-order valence-electron chi connectivity index (χ4n) is 2.21. The van der Waals surface area contributed by atoms with Gasteiger partial charge in [0.1, 0.15) is 0 Å². The van der Waals surface area contributed by atoms with E-state index in [0.717, 1.165) is 21.8 Å². The van der Waals surface area contributed by atoms with Crippen molar-refractivity contribution < 1.29 is 14.3 Å². The van der Waals surface area contributed by atoms with E-state index < -0.39 is 17.5 Å². The average molecular weight is 314 g/mol. The van der Waals surface area contributed by atoms with Crippen molar-refractivity contribution in [2.75, 3.05) is 11.9 Å². The molecule has 0 atom stereocenters. The number of benzene rings is 1. The van der Waals surface area contributed by atoms with E-state index in [1.165, 1.54) is 0 Å². The summed E-state index contributed by atoms with van der Waals surface area (Å²) in [4.78, 5) is 27.3. The molecule has 1 aliphatic rings. The molecule has 23 heavy (non-hydrogen) atoms. The summed E-state index contributed by atoms with van der Waals surface area (Å²) in [7, 11) is 1.93. The first kappa shape index (κ1) is 16.8. The Labute approximate surface area is 136 Å². The SMILES string of the molecule is C=C(C)N(C)c1ccc(/C=C2/OC(=O)N(C(C)(C)C)C2=O)cc1. The molecule has 1 aromatic carbocycles. The van der Waals surface area contributed by atoms with Gasteiger partial charge in [-0.1, -0.05) is 18.7 Å². The number of ether oxygens (including phenoxy) is 1. The third kappa shape index (κ3) is 3.44. The molecule has 0 aromatic heterocycles. The number of carbonyl (C=O) groups excluding carboxylic acids is 2. The van der Waals surface area contributed by atoms with Crippen LogP contribution in [0.15, 0.2) is 42.3 Å². The molecular formula is C18H22N2O3. The fraction of sp³-hybridized carbons (Fsp3) is 0.333. The van der Waals surface area contributed by atoms with Crippen molar-refractivity contribution in [3.8, 4) is 0 Å². The zero-order chi connectivity index (χ0) is 17.4. The van der Waals surface area contributed by atoms with Crippen LogP contribution in [0.1, 0.15) is 33.3 Å². The molecule has 0 radical (unpaired) electrons. The smallest absolute Gasteiger partial charge is 0.404 e. The van der Waals surface area contributed by atoms with Gasteiger partial charge < -0.3 is 9.64 Å². The molecule has 5 heteroatoms. The van der Waals surface area contributed by atoms with Gasteiger partial charge in [-0.2, -0.15) is 0 Å². The second-order valence-electron chi connectivity index (χ2n) is 6.57. The van der Waals surface area contributed by atoms with Crippen LogP contribution >= 0.6 is 0 Å². The normalized spacial score (nSPS) is 16.7. The minimum Gasteiger partial charge on any atom is -0.404 e. The maximum atomic E-state index is 12.3. The monoisotopic (exact) mass is 314 g/mol. The highest BCUT2D eigenvalue weighted by molar-refractivity contribution is 6.10. The van der Waals surface area contributed by atoms with E-state index in [9.17, 15) is 9.59 Å². The predicted octanol–water partition coefficient (Wildman–Crippen LogP) is 3.77. The van der Waals surface area contributed by atoms with Crippen molar-refractivity contribution in [2.24, 2.45) is 0 Å². The van der Waals surface area contributed by atoms with E-state index in [2.05, 4.69) is 6.58 Å². The number of amides is 2. The lowest BCUT2D eigenvalue weighted by Gasteiger charge is -2.26. The molecule has 0 N–H and O–H groups in total. The van der Waals surface area contributed by atoms with Crippen LogP contribution in [0.4, 0.5) is 10.5 Å². The number of imide groups is 1. The minimum atomic E-state index is -0.632. The largest absolute Gasteiger partial charge is 0.423 e. The summed E-state index contributed by atoms with van der Waals surface area (Å²) in [5, 5.41) is 0. The van der Waals surface area contributed by atoms with Crippen LogP contribution in [-0.2, 0) is 9.53 Å². The summed E-state index contributed by atoms with van der Waals surface area (Å²) >= 11 is 0. The highest BCUT2D eigenvalue weighted by Gasteiger charge is 2.43. The lowest BCUT2D eigenvalue weighted by molar-refractivity contribution is -0.126. The number of hydrogen-bond donors (Lipinski definition) is 0. The molecule has 1 aromatic rings. The fourth-order valence-corrected chi connectivity index (χ4v) is 2.21. The first-order valence-corrected chi connectivity index (χ1v) is 7.38. The van der Waals surface area contributed by atoms with Gasteiger partial charge in [-0.15, -0.1) is 0 Å². The van der Waals surface area contributed by atoms with Crippen LogP contribution < -0.4 is 4.90 Å². The Balaban J connectivity index is 2.25. The summed E-state index contributed by atoms with van der Waals surface area (Å²) in [6.45, 7) is 11.2. The summed E-state index contributed by atoms with van der Waals surface area (Å²) in [5.74, 6) is -0.364. The van der Waals surface area contributed by atoms with E-state index in [1.807, 2.05) is 43.1 Å². The molecular weight excluding hydrogens is 292 g/mol. The zero-order valence-corrected chi connectivity index (χ0v) is 14.2. The number of hydrogen-bond acceptors (Lipinski definition) is 4. The van der Waals surface area contributed by atoms with Gasteiger partial charge in [0.05, 0.1) is 0 Å². The molecule has 0 bridgehead atoms. The minimum absolute atomic E-state index is 0.0472. The summed E-state index contributed by atoms with van der Waals surface area (Å²) in [5.41, 5.74) is 2.09. The van der Waals surface area contributed by atoms with Crippen LogP contribution in [-0.4, -0.2) is 29.5 Å². The standard InChI is InChI=1S/C18H22N2O3/c1-12(2)19(6)14-9-7-13(8-10-14)11-15-16(21)20(17(22)23-15)18(3,4)5/h7-11H,1H2,2-6H3/b15-11+. The Morgan fingerprint density at radius 1 is 1.22 bits per heavy atom.